The first kappa shape index (κ1) is 15.0. The van der Waals surface area contributed by atoms with Crippen LogP contribution in [-0.2, 0) is 0 Å². The van der Waals surface area contributed by atoms with E-state index in [2.05, 4.69) is 21.2 Å². The summed E-state index contributed by atoms with van der Waals surface area (Å²) in [5.41, 5.74) is 5.92. The highest BCUT2D eigenvalue weighted by Gasteiger charge is 2.20. The van der Waals surface area contributed by atoms with Crippen LogP contribution in [0.1, 0.15) is 24.2 Å². The second-order valence-corrected chi connectivity index (χ2v) is 5.55. The third kappa shape index (κ3) is 3.74. The zero-order valence-electron chi connectivity index (χ0n) is 10.0. The average molecular weight is 333 g/mol. The van der Waals surface area contributed by atoms with Crippen molar-refractivity contribution >= 4 is 39.0 Å². The molecular weight excluding hydrogens is 319 g/mol. The minimum absolute atomic E-state index is 0.0886. The summed E-state index contributed by atoms with van der Waals surface area (Å²) in [6.07, 6.45) is 0. The lowest BCUT2D eigenvalue weighted by atomic mass is 10.0. The number of carbonyl (C=O) groups is 1. The van der Waals surface area contributed by atoms with Gasteiger partial charge in [-0.25, -0.2) is 4.39 Å². The maximum atomic E-state index is 12.9. The standard InChI is InChI=1S/C12H14BrFN2OS/c1-6(2)10(11(15)18)16-12(17)8-4-3-7(14)5-9(8)13/h3-6,10H,1-2H3,(H2,15,18)(H,16,17). The average Bonchev–Trinajstić information content (AvgIpc) is 2.24. The van der Waals surface area contributed by atoms with Crippen LogP contribution in [0.2, 0.25) is 0 Å². The molecule has 1 atom stereocenters. The van der Waals surface area contributed by atoms with E-state index in [1.807, 2.05) is 13.8 Å². The van der Waals surface area contributed by atoms with Gasteiger partial charge in [0.15, 0.2) is 0 Å². The van der Waals surface area contributed by atoms with Gasteiger partial charge in [0.1, 0.15) is 5.82 Å². The zero-order valence-corrected chi connectivity index (χ0v) is 12.4. The Hall–Kier alpha value is -1.01. The molecule has 0 spiro atoms. The first-order valence-electron chi connectivity index (χ1n) is 5.38. The molecule has 0 saturated heterocycles. The highest BCUT2D eigenvalue weighted by atomic mass is 79.9. The third-order valence-corrected chi connectivity index (χ3v) is 3.35. The van der Waals surface area contributed by atoms with E-state index in [9.17, 15) is 9.18 Å². The normalized spacial score (nSPS) is 12.3. The van der Waals surface area contributed by atoms with Gasteiger partial charge in [-0.15, -0.1) is 0 Å². The fraction of sp³-hybridized carbons (Fsp3) is 0.333. The minimum Gasteiger partial charge on any atom is -0.392 e. The van der Waals surface area contributed by atoms with Gasteiger partial charge in [-0.05, 0) is 40.0 Å². The summed E-state index contributed by atoms with van der Waals surface area (Å²) < 4.78 is 13.3. The van der Waals surface area contributed by atoms with Crippen LogP contribution in [0.4, 0.5) is 4.39 Å². The van der Waals surface area contributed by atoms with Crippen molar-refractivity contribution in [3.05, 3.63) is 34.1 Å². The predicted molar refractivity (Wildman–Crippen MR) is 77.0 cm³/mol. The van der Waals surface area contributed by atoms with Crippen LogP contribution in [0.25, 0.3) is 0 Å². The molecule has 1 unspecified atom stereocenters. The Kier molecular flexibility index (Phi) is 5.22. The van der Waals surface area contributed by atoms with Crippen molar-refractivity contribution in [1.82, 2.24) is 5.32 Å². The molecule has 1 aromatic carbocycles. The Morgan fingerprint density at radius 2 is 2.11 bits per heavy atom. The fourth-order valence-corrected chi connectivity index (χ4v) is 2.32. The smallest absolute Gasteiger partial charge is 0.253 e. The summed E-state index contributed by atoms with van der Waals surface area (Å²) in [6.45, 7) is 3.81. The van der Waals surface area contributed by atoms with E-state index in [1.165, 1.54) is 18.2 Å². The second kappa shape index (κ2) is 6.24. The molecule has 1 aromatic rings. The molecule has 6 heteroatoms. The lowest BCUT2D eigenvalue weighted by Gasteiger charge is -2.21. The van der Waals surface area contributed by atoms with Crippen LogP contribution >= 0.6 is 28.1 Å². The Bertz CT molecular complexity index is 479. The zero-order chi connectivity index (χ0) is 13.9. The number of halogens is 2. The van der Waals surface area contributed by atoms with E-state index in [0.29, 0.717) is 10.0 Å². The van der Waals surface area contributed by atoms with Crippen molar-refractivity contribution in [3.63, 3.8) is 0 Å². The van der Waals surface area contributed by atoms with Crippen LogP contribution < -0.4 is 11.1 Å². The van der Waals surface area contributed by atoms with Crippen molar-refractivity contribution < 1.29 is 9.18 Å². The number of nitrogens with one attached hydrogen (secondary N) is 1. The largest absolute Gasteiger partial charge is 0.392 e. The van der Waals surface area contributed by atoms with Crippen LogP contribution in [0.15, 0.2) is 22.7 Å². The molecule has 0 aliphatic rings. The molecule has 0 aromatic heterocycles. The summed E-state index contributed by atoms with van der Waals surface area (Å²) >= 11 is 8.05. The first-order valence-corrected chi connectivity index (χ1v) is 6.58. The predicted octanol–water partition coefficient (Wildman–Crippen LogP) is 2.63. The number of rotatable bonds is 4. The second-order valence-electron chi connectivity index (χ2n) is 4.22. The van der Waals surface area contributed by atoms with E-state index in [0.717, 1.165) is 0 Å². The van der Waals surface area contributed by atoms with Crippen LogP contribution in [-0.4, -0.2) is 16.9 Å². The molecule has 98 valence electrons. The Morgan fingerprint density at radius 1 is 1.50 bits per heavy atom. The van der Waals surface area contributed by atoms with Crippen LogP contribution in [0, 0.1) is 11.7 Å². The van der Waals surface area contributed by atoms with Gasteiger partial charge in [0.05, 0.1) is 16.6 Å². The Morgan fingerprint density at radius 3 is 2.56 bits per heavy atom. The van der Waals surface area contributed by atoms with Gasteiger partial charge in [-0.1, -0.05) is 26.1 Å². The van der Waals surface area contributed by atoms with E-state index in [4.69, 9.17) is 18.0 Å². The lowest BCUT2D eigenvalue weighted by molar-refractivity contribution is 0.0939. The number of hydrogen-bond donors (Lipinski definition) is 2. The molecule has 18 heavy (non-hydrogen) atoms. The molecule has 0 aliphatic carbocycles. The highest BCUT2D eigenvalue weighted by Crippen LogP contribution is 2.18. The summed E-state index contributed by atoms with van der Waals surface area (Å²) in [5, 5.41) is 2.73. The molecule has 1 rings (SSSR count). The minimum atomic E-state index is -0.409. The molecule has 1 amide bonds. The molecule has 0 aliphatic heterocycles. The topological polar surface area (TPSA) is 55.1 Å². The SMILES string of the molecule is CC(C)C(NC(=O)c1ccc(F)cc1Br)C(N)=S. The van der Waals surface area contributed by atoms with Gasteiger partial charge in [0.25, 0.3) is 5.91 Å². The van der Waals surface area contributed by atoms with E-state index in [-0.39, 0.29) is 22.9 Å². The Balaban J connectivity index is 2.91. The van der Waals surface area contributed by atoms with Crippen molar-refractivity contribution in [2.45, 2.75) is 19.9 Å². The summed E-state index contributed by atoms with van der Waals surface area (Å²) in [6, 6.07) is 3.49. The summed E-state index contributed by atoms with van der Waals surface area (Å²) in [4.78, 5) is 12.3. The van der Waals surface area contributed by atoms with Gasteiger partial charge >= 0.3 is 0 Å². The van der Waals surface area contributed by atoms with Crippen molar-refractivity contribution in [3.8, 4) is 0 Å². The molecule has 0 fully saturated rings. The lowest BCUT2D eigenvalue weighted by Crippen LogP contribution is -2.46. The van der Waals surface area contributed by atoms with Gasteiger partial charge in [0.2, 0.25) is 0 Å². The molecule has 0 saturated carbocycles. The molecule has 0 heterocycles. The molecule has 0 radical (unpaired) electrons. The summed E-state index contributed by atoms with van der Waals surface area (Å²) in [7, 11) is 0. The highest BCUT2D eigenvalue weighted by molar-refractivity contribution is 9.10. The number of nitrogens with two attached hydrogens (primary N) is 1. The van der Waals surface area contributed by atoms with Crippen LogP contribution in [0.3, 0.4) is 0 Å². The first-order chi connectivity index (χ1) is 8.32. The van der Waals surface area contributed by atoms with Gasteiger partial charge in [-0.2, -0.15) is 0 Å². The van der Waals surface area contributed by atoms with Crippen molar-refractivity contribution in [1.29, 1.82) is 0 Å². The van der Waals surface area contributed by atoms with E-state index in [1.54, 1.807) is 0 Å². The number of amides is 1. The molecule has 3 N–H and O–H groups in total. The quantitative estimate of drug-likeness (QED) is 0.833. The molecular formula is C12H14BrFN2OS. The Labute approximate surface area is 119 Å². The number of benzene rings is 1. The fourth-order valence-electron chi connectivity index (χ4n) is 1.46. The number of hydrogen-bond acceptors (Lipinski definition) is 2. The summed E-state index contributed by atoms with van der Waals surface area (Å²) in [5.74, 6) is -0.660. The molecule has 0 bridgehead atoms. The maximum absolute atomic E-state index is 12.9. The third-order valence-electron chi connectivity index (χ3n) is 2.44. The van der Waals surface area contributed by atoms with E-state index < -0.39 is 5.82 Å². The number of carbonyl (C=O) groups excluding carboxylic acids is 1. The van der Waals surface area contributed by atoms with Gasteiger partial charge in [-0.3, -0.25) is 4.79 Å². The van der Waals surface area contributed by atoms with Gasteiger partial charge in [0, 0.05) is 4.47 Å². The van der Waals surface area contributed by atoms with Gasteiger partial charge < -0.3 is 11.1 Å². The van der Waals surface area contributed by atoms with Crippen molar-refractivity contribution in [2.24, 2.45) is 11.7 Å². The maximum Gasteiger partial charge on any atom is 0.253 e. The van der Waals surface area contributed by atoms with E-state index >= 15 is 0 Å². The van der Waals surface area contributed by atoms with Crippen LogP contribution in [0.5, 0.6) is 0 Å². The monoisotopic (exact) mass is 332 g/mol. The van der Waals surface area contributed by atoms with Crippen molar-refractivity contribution in [2.75, 3.05) is 0 Å². The number of thiocarbonyl (C=S) groups is 1. The molecule has 3 nitrogen and oxygen atoms in total.